The van der Waals surface area contributed by atoms with Gasteiger partial charge >= 0.3 is 43.8 Å². The van der Waals surface area contributed by atoms with Crippen LogP contribution in [0.2, 0.25) is 0 Å². The summed E-state index contributed by atoms with van der Waals surface area (Å²) in [5.41, 5.74) is 0.331. The van der Waals surface area contributed by atoms with Gasteiger partial charge in [-0.05, 0) is 12.1 Å². The second-order valence-corrected chi connectivity index (χ2v) is 2.90. The Morgan fingerprint density at radius 1 is 1.42 bits per heavy atom. The van der Waals surface area contributed by atoms with E-state index >= 15 is 0 Å². The summed E-state index contributed by atoms with van der Waals surface area (Å²) < 4.78 is 1.89. The summed E-state index contributed by atoms with van der Waals surface area (Å²) >= 11 is 1.13. The maximum Gasteiger partial charge on any atom is 0.335 e. The average Bonchev–Trinajstić information content (AvgIpc) is 2.07. The molecule has 3 heteroatoms. The zero-order valence-corrected chi connectivity index (χ0v) is 9.03. The van der Waals surface area contributed by atoms with Gasteiger partial charge in [0.25, 0.3) is 0 Å². The predicted octanol–water partition coefficient (Wildman–Crippen LogP) is 1.68. The monoisotopic (exact) mass is 172 g/mol. The fourth-order valence-electron chi connectivity index (χ4n) is 0.581. The molecule has 1 aromatic carbocycles. The normalized spacial score (nSPS) is 7.83. The number of hydrogen-bond donors (Lipinski definition) is 1. The first kappa shape index (κ1) is 11.4. The summed E-state index contributed by atoms with van der Waals surface area (Å²) in [6.45, 7) is 3.42. The van der Waals surface area contributed by atoms with E-state index in [0.717, 1.165) is 27.9 Å². The second kappa shape index (κ2) is 7.10. The minimum absolute atomic E-state index is 0.331. The Morgan fingerprint density at radius 3 is 2.08 bits per heavy atom. The molecule has 0 heterocycles. The van der Waals surface area contributed by atoms with Gasteiger partial charge in [-0.1, -0.05) is 18.2 Å². The fourth-order valence-corrected chi connectivity index (χ4v) is 0.581. The summed E-state index contributed by atoms with van der Waals surface area (Å²) in [5.74, 6) is -0.879. The van der Waals surface area contributed by atoms with Crippen molar-refractivity contribution in [3.8, 4) is 0 Å². The van der Waals surface area contributed by atoms with Crippen molar-refractivity contribution >= 4 is 33.9 Å². The number of aromatic carboxylic acids is 1. The molecule has 0 saturated carbocycles. The van der Waals surface area contributed by atoms with Gasteiger partial charge in [-0.25, -0.2) is 4.79 Å². The SMILES string of the molecule is C=[CH][Na].O=C(O)c1ccccc1. The Bertz CT molecular complexity index is 244. The molecular formula is C9H9NaO2. The van der Waals surface area contributed by atoms with Crippen LogP contribution < -0.4 is 0 Å². The molecule has 1 rings (SSSR count). The van der Waals surface area contributed by atoms with Crippen LogP contribution in [0.4, 0.5) is 0 Å². The van der Waals surface area contributed by atoms with Gasteiger partial charge in [0.1, 0.15) is 0 Å². The first-order valence-corrected chi connectivity index (χ1v) is 4.73. The Hall–Kier alpha value is -0.570. The minimum Gasteiger partial charge on any atom is -0.478 e. The van der Waals surface area contributed by atoms with Gasteiger partial charge in [-0.2, -0.15) is 0 Å². The fraction of sp³-hybridized carbons (Fsp3) is 0. The Morgan fingerprint density at radius 2 is 1.83 bits per heavy atom. The number of carboxylic acids is 1. The van der Waals surface area contributed by atoms with Crippen molar-refractivity contribution in [1.29, 1.82) is 0 Å². The van der Waals surface area contributed by atoms with Crippen LogP contribution in [0.1, 0.15) is 10.4 Å². The van der Waals surface area contributed by atoms with E-state index in [1.165, 1.54) is 0 Å². The molecule has 0 aromatic heterocycles. The van der Waals surface area contributed by atoms with Crippen LogP contribution in [0.5, 0.6) is 0 Å². The van der Waals surface area contributed by atoms with Crippen molar-refractivity contribution in [3.63, 3.8) is 0 Å². The van der Waals surface area contributed by atoms with E-state index in [9.17, 15) is 4.79 Å². The first-order valence-electron chi connectivity index (χ1n) is 3.57. The summed E-state index contributed by atoms with van der Waals surface area (Å²) in [6, 6.07) is 8.30. The second-order valence-electron chi connectivity index (χ2n) is 2.08. The van der Waals surface area contributed by atoms with Crippen molar-refractivity contribution in [2.45, 2.75) is 0 Å². The molecule has 2 nitrogen and oxygen atoms in total. The standard InChI is InChI=1S/C7H6O2.C2H3.Na/c8-7(9)6-4-2-1-3-5-6;1-2;/h1-5H,(H,8,9);1H,2H2;. The molecular weight excluding hydrogens is 163 g/mol. The van der Waals surface area contributed by atoms with Gasteiger partial charge < -0.3 is 5.11 Å². The molecule has 0 fully saturated rings. The van der Waals surface area contributed by atoms with Crippen molar-refractivity contribution in [3.05, 3.63) is 45.8 Å². The van der Waals surface area contributed by atoms with Crippen LogP contribution in [-0.4, -0.2) is 39.0 Å². The van der Waals surface area contributed by atoms with E-state index in [0.29, 0.717) is 5.56 Å². The molecule has 0 bridgehead atoms. The average molecular weight is 172 g/mol. The number of hydrogen-bond acceptors (Lipinski definition) is 1. The van der Waals surface area contributed by atoms with Gasteiger partial charge in [0.15, 0.2) is 0 Å². The minimum atomic E-state index is -0.879. The summed E-state index contributed by atoms with van der Waals surface area (Å²) in [5, 5.41) is 8.38. The zero-order valence-electron chi connectivity index (χ0n) is 7.03. The molecule has 0 aliphatic carbocycles. The van der Waals surface area contributed by atoms with Gasteiger partial charge in [0.2, 0.25) is 0 Å². The maximum atomic E-state index is 10.2. The number of benzene rings is 1. The van der Waals surface area contributed by atoms with Crippen molar-refractivity contribution < 1.29 is 9.90 Å². The van der Waals surface area contributed by atoms with Crippen LogP contribution in [-0.2, 0) is 0 Å². The molecule has 0 unspecified atom stereocenters. The Kier molecular flexibility index (Phi) is 6.76. The van der Waals surface area contributed by atoms with E-state index in [-0.39, 0.29) is 0 Å². The summed E-state index contributed by atoms with van der Waals surface area (Å²) in [6.07, 6.45) is 0. The van der Waals surface area contributed by atoms with Gasteiger partial charge in [0.05, 0.1) is 5.56 Å². The molecule has 0 radical (unpaired) electrons. The largest absolute Gasteiger partial charge is 0.478 e. The molecule has 1 aromatic rings. The van der Waals surface area contributed by atoms with E-state index in [1.807, 2.05) is 3.33 Å². The van der Waals surface area contributed by atoms with Crippen LogP contribution in [0.15, 0.2) is 40.2 Å². The van der Waals surface area contributed by atoms with E-state index in [2.05, 4.69) is 6.58 Å². The smallest absolute Gasteiger partial charge is 0.335 e. The van der Waals surface area contributed by atoms with E-state index in [1.54, 1.807) is 30.3 Å². The number of rotatable bonds is 1. The predicted molar refractivity (Wildman–Crippen MR) is 49.4 cm³/mol. The molecule has 0 aliphatic rings. The zero-order chi connectivity index (χ0) is 9.40. The summed E-state index contributed by atoms with van der Waals surface area (Å²) in [4.78, 5) is 10.2. The van der Waals surface area contributed by atoms with Gasteiger partial charge in [0, 0.05) is 0 Å². The molecule has 0 aliphatic heterocycles. The van der Waals surface area contributed by atoms with E-state index in [4.69, 9.17) is 5.11 Å². The van der Waals surface area contributed by atoms with Crippen molar-refractivity contribution in [1.82, 2.24) is 0 Å². The number of carboxylic acid groups (broad SMARTS) is 1. The first-order chi connectivity index (χ1) is 5.72. The van der Waals surface area contributed by atoms with Crippen molar-refractivity contribution in [2.75, 3.05) is 0 Å². The Labute approximate surface area is 89.3 Å². The maximum absolute atomic E-state index is 10.2. The topological polar surface area (TPSA) is 37.3 Å². The van der Waals surface area contributed by atoms with Crippen LogP contribution in [0.3, 0.4) is 0 Å². The summed E-state index contributed by atoms with van der Waals surface area (Å²) in [7, 11) is 0. The quantitative estimate of drug-likeness (QED) is 0.654. The van der Waals surface area contributed by atoms with Crippen molar-refractivity contribution in [2.24, 2.45) is 0 Å². The molecule has 0 spiro atoms. The Balaban J connectivity index is 0.000000354. The van der Waals surface area contributed by atoms with Gasteiger partial charge in [-0.15, -0.1) is 0 Å². The van der Waals surface area contributed by atoms with Gasteiger partial charge in [-0.3, -0.25) is 0 Å². The van der Waals surface area contributed by atoms with Crippen LogP contribution >= 0.6 is 0 Å². The number of carbonyl (C=O) groups is 1. The molecule has 58 valence electrons. The van der Waals surface area contributed by atoms with Crippen LogP contribution in [0, 0.1) is 0 Å². The van der Waals surface area contributed by atoms with Crippen LogP contribution in [0.25, 0.3) is 0 Å². The van der Waals surface area contributed by atoms with E-state index < -0.39 is 5.97 Å². The molecule has 1 N–H and O–H groups in total. The third-order valence-corrected chi connectivity index (χ3v) is 1.02. The third-order valence-electron chi connectivity index (χ3n) is 1.02. The molecule has 12 heavy (non-hydrogen) atoms. The molecule has 0 atom stereocenters. The molecule has 0 saturated heterocycles. The third kappa shape index (κ3) is 5.13. The molecule has 0 amide bonds.